The van der Waals surface area contributed by atoms with Gasteiger partial charge in [-0.05, 0) is 66.8 Å². The SMILES string of the molecule is O=C(COc1ccc(CC(=O)Nc2ccccc2)cc1)CC1CC2CCCC(C2)C1. The second kappa shape index (κ2) is 9.92. The van der Waals surface area contributed by atoms with Crippen molar-refractivity contribution in [2.75, 3.05) is 11.9 Å². The van der Waals surface area contributed by atoms with E-state index in [-0.39, 0.29) is 18.3 Å². The molecule has 0 saturated heterocycles. The lowest BCUT2D eigenvalue weighted by Gasteiger charge is -2.38. The molecule has 4 rings (SSSR count). The number of ketones is 1. The first-order valence-electron chi connectivity index (χ1n) is 11.2. The van der Waals surface area contributed by atoms with Gasteiger partial charge < -0.3 is 10.1 Å². The number of hydrogen-bond acceptors (Lipinski definition) is 3. The molecule has 2 saturated carbocycles. The van der Waals surface area contributed by atoms with Gasteiger partial charge in [0, 0.05) is 12.1 Å². The molecule has 0 spiro atoms. The highest BCUT2D eigenvalue weighted by atomic mass is 16.5. The summed E-state index contributed by atoms with van der Waals surface area (Å²) in [5.41, 5.74) is 1.71. The summed E-state index contributed by atoms with van der Waals surface area (Å²) in [4.78, 5) is 24.6. The second-order valence-electron chi connectivity index (χ2n) is 9.00. The first-order chi connectivity index (χ1) is 14.6. The summed E-state index contributed by atoms with van der Waals surface area (Å²) in [5.74, 6) is 3.08. The molecule has 30 heavy (non-hydrogen) atoms. The Bertz CT molecular complexity index is 834. The van der Waals surface area contributed by atoms with E-state index in [1.165, 1.54) is 38.5 Å². The Labute approximate surface area is 179 Å². The van der Waals surface area contributed by atoms with Crippen LogP contribution in [0.5, 0.6) is 5.75 Å². The Hall–Kier alpha value is -2.62. The zero-order chi connectivity index (χ0) is 20.8. The minimum absolute atomic E-state index is 0.0534. The molecule has 2 aromatic rings. The van der Waals surface area contributed by atoms with Crippen LogP contribution in [0.4, 0.5) is 5.69 Å². The minimum atomic E-state index is -0.0534. The highest BCUT2D eigenvalue weighted by Gasteiger charge is 2.32. The average molecular weight is 406 g/mol. The average Bonchev–Trinajstić information content (AvgIpc) is 2.74. The molecule has 1 amide bonds. The number of ether oxygens (including phenoxy) is 1. The third-order valence-electron chi connectivity index (χ3n) is 6.49. The lowest BCUT2D eigenvalue weighted by atomic mass is 9.67. The van der Waals surface area contributed by atoms with E-state index in [1.807, 2.05) is 54.6 Å². The Kier molecular flexibility index (Phi) is 6.83. The first-order valence-corrected chi connectivity index (χ1v) is 11.2. The number of anilines is 1. The Morgan fingerprint density at radius 2 is 1.60 bits per heavy atom. The number of nitrogens with one attached hydrogen (secondary N) is 1. The normalized spacial score (nSPS) is 22.9. The van der Waals surface area contributed by atoms with Crippen LogP contribution in [0.2, 0.25) is 0 Å². The number of Topliss-reactive ketones (excluding diaryl/α,β-unsaturated/α-hetero) is 1. The minimum Gasteiger partial charge on any atom is -0.486 e. The summed E-state index contributed by atoms with van der Waals surface area (Å²) in [5, 5.41) is 2.88. The molecule has 158 valence electrons. The second-order valence-corrected chi connectivity index (χ2v) is 9.00. The zero-order valence-electron chi connectivity index (χ0n) is 17.5. The molecule has 2 aliphatic rings. The van der Waals surface area contributed by atoms with Gasteiger partial charge in [0.15, 0.2) is 5.78 Å². The van der Waals surface area contributed by atoms with Crippen LogP contribution in [0, 0.1) is 17.8 Å². The van der Waals surface area contributed by atoms with Crippen molar-refractivity contribution in [3.8, 4) is 5.75 Å². The van der Waals surface area contributed by atoms with E-state index in [0.717, 1.165) is 23.1 Å². The third-order valence-corrected chi connectivity index (χ3v) is 6.49. The van der Waals surface area contributed by atoms with Crippen molar-refractivity contribution in [3.63, 3.8) is 0 Å². The fraction of sp³-hybridized carbons (Fsp3) is 0.462. The molecule has 0 aliphatic heterocycles. The number of fused-ring (bicyclic) bond motifs is 2. The van der Waals surface area contributed by atoms with Gasteiger partial charge in [0.2, 0.25) is 5.91 Å². The molecule has 2 bridgehead atoms. The van der Waals surface area contributed by atoms with Crippen LogP contribution in [0.25, 0.3) is 0 Å². The van der Waals surface area contributed by atoms with E-state index in [2.05, 4.69) is 5.32 Å². The van der Waals surface area contributed by atoms with Crippen molar-refractivity contribution in [1.29, 1.82) is 0 Å². The Balaban J connectivity index is 1.20. The quantitative estimate of drug-likeness (QED) is 0.638. The van der Waals surface area contributed by atoms with Gasteiger partial charge in [-0.25, -0.2) is 0 Å². The van der Waals surface area contributed by atoms with Crippen molar-refractivity contribution in [3.05, 3.63) is 60.2 Å². The lowest BCUT2D eigenvalue weighted by molar-refractivity contribution is -0.122. The molecular formula is C26H31NO3. The van der Waals surface area contributed by atoms with E-state index in [0.29, 0.717) is 24.5 Å². The lowest BCUT2D eigenvalue weighted by Crippen LogP contribution is -2.29. The fourth-order valence-electron chi connectivity index (χ4n) is 5.20. The summed E-state index contributed by atoms with van der Waals surface area (Å²) in [6.45, 7) is 0.139. The number of para-hydroxylation sites is 1. The van der Waals surface area contributed by atoms with Crippen LogP contribution in [0.1, 0.15) is 50.5 Å². The Morgan fingerprint density at radius 1 is 0.900 bits per heavy atom. The van der Waals surface area contributed by atoms with Crippen molar-refractivity contribution < 1.29 is 14.3 Å². The van der Waals surface area contributed by atoms with Gasteiger partial charge in [-0.1, -0.05) is 49.6 Å². The molecule has 0 heterocycles. The summed E-state index contributed by atoms with van der Waals surface area (Å²) in [7, 11) is 0. The molecule has 2 aliphatic carbocycles. The topological polar surface area (TPSA) is 55.4 Å². The number of benzene rings is 2. The van der Waals surface area contributed by atoms with E-state index in [9.17, 15) is 9.59 Å². The highest BCUT2D eigenvalue weighted by molar-refractivity contribution is 5.92. The van der Waals surface area contributed by atoms with E-state index < -0.39 is 0 Å². The van der Waals surface area contributed by atoms with Gasteiger partial charge in [0.1, 0.15) is 12.4 Å². The van der Waals surface area contributed by atoms with Crippen molar-refractivity contribution in [2.45, 2.75) is 51.4 Å². The largest absolute Gasteiger partial charge is 0.486 e. The van der Waals surface area contributed by atoms with Gasteiger partial charge in [-0.3, -0.25) is 9.59 Å². The summed E-state index contributed by atoms with van der Waals surface area (Å²) >= 11 is 0. The third kappa shape index (κ3) is 5.94. The van der Waals surface area contributed by atoms with Crippen LogP contribution in [-0.2, 0) is 16.0 Å². The van der Waals surface area contributed by atoms with Crippen LogP contribution < -0.4 is 10.1 Å². The predicted molar refractivity (Wildman–Crippen MR) is 119 cm³/mol. The summed E-state index contributed by atoms with van der Waals surface area (Å²) in [6, 6.07) is 16.9. The molecular weight excluding hydrogens is 374 g/mol. The molecule has 2 atom stereocenters. The van der Waals surface area contributed by atoms with Gasteiger partial charge >= 0.3 is 0 Å². The smallest absolute Gasteiger partial charge is 0.228 e. The number of hydrogen-bond donors (Lipinski definition) is 1. The zero-order valence-corrected chi connectivity index (χ0v) is 17.5. The Morgan fingerprint density at radius 3 is 2.30 bits per heavy atom. The number of rotatable bonds is 8. The molecule has 0 radical (unpaired) electrons. The molecule has 4 nitrogen and oxygen atoms in total. The molecule has 2 aromatic carbocycles. The monoisotopic (exact) mass is 405 g/mol. The van der Waals surface area contributed by atoms with Crippen LogP contribution in [0.15, 0.2) is 54.6 Å². The number of carbonyl (C=O) groups excluding carboxylic acids is 2. The predicted octanol–water partition coefficient (Wildman–Crippen LogP) is 5.42. The van der Waals surface area contributed by atoms with Crippen LogP contribution in [0.3, 0.4) is 0 Å². The maximum Gasteiger partial charge on any atom is 0.228 e. The summed E-state index contributed by atoms with van der Waals surface area (Å²) < 4.78 is 5.71. The van der Waals surface area contributed by atoms with Crippen LogP contribution >= 0.6 is 0 Å². The van der Waals surface area contributed by atoms with Crippen molar-refractivity contribution in [2.24, 2.45) is 17.8 Å². The van der Waals surface area contributed by atoms with Gasteiger partial charge in [0.25, 0.3) is 0 Å². The van der Waals surface area contributed by atoms with E-state index in [1.54, 1.807) is 0 Å². The van der Waals surface area contributed by atoms with E-state index in [4.69, 9.17) is 4.74 Å². The molecule has 2 unspecified atom stereocenters. The number of carbonyl (C=O) groups is 2. The van der Waals surface area contributed by atoms with Gasteiger partial charge in [0.05, 0.1) is 6.42 Å². The maximum absolute atomic E-state index is 12.4. The molecule has 2 fully saturated rings. The number of amides is 1. The van der Waals surface area contributed by atoms with Crippen LogP contribution in [-0.4, -0.2) is 18.3 Å². The standard InChI is InChI=1S/C26H31NO3/c28-24(16-22-14-20-5-4-6-21(13-20)15-22)18-30-25-11-9-19(10-12-25)17-26(29)27-23-7-2-1-3-8-23/h1-3,7-12,20-22H,4-6,13-18H2,(H,27,29). The highest BCUT2D eigenvalue weighted by Crippen LogP contribution is 2.43. The molecule has 0 aromatic heterocycles. The first kappa shape index (κ1) is 20.6. The molecule has 1 N–H and O–H groups in total. The van der Waals surface area contributed by atoms with E-state index >= 15 is 0 Å². The fourth-order valence-corrected chi connectivity index (χ4v) is 5.20. The summed E-state index contributed by atoms with van der Waals surface area (Å²) in [6.07, 6.45) is 8.88. The van der Waals surface area contributed by atoms with Crippen molar-refractivity contribution in [1.82, 2.24) is 0 Å². The molecule has 4 heteroatoms. The van der Waals surface area contributed by atoms with Gasteiger partial charge in [-0.15, -0.1) is 0 Å². The maximum atomic E-state index is 12.4. The van der Waals surface area contributed by atoms with Gasteiger partial charge in [-0.2, -0.15) is 0 Å². The van der Waals surface area contributed by atoms with Crippen molar-refractivity contribution >= 4 is 17.4 Å².